The summed E-state index contributed by atoms with van der Waals surface area (Å²) in [5.74, 6) is 0.515. The molecular weight excluding hydrogens is 336 g/mol. The van der Waals surface area contributed by atoms with Gasteiger partial charge in [-0.1, -0.05) is 11.8 Å². The van der Waals surface area contributed by atoms with E-state index in [9.17, 15) is 14.4 Å². The number of thioether (sulfide) groups is 1. The summed E-state index contributed by atoms with van der Waals surface area (Å²) in [5.41, 5.74) is 0.406. The Morgan fingerprint density at radius 2 is 2.08 bits per heavy atom. The highest BCUT2D eigenvalue weighted by Crippen LogP contribution is 2.28. The van der Waals surface area contributed by atoms with E-state index in [0.717, 1.165) is 11.8 Å². The molecule has 2 rings (SSSR count). The Hall–Kier alpha value is -2.42. The third-order valence-corrected chi connectivity index (χ3v) is 4.10. The lowest BCUT2D eigenvalue weighted by atomic mass is 10.2. The summed E-state index contributed by atoms with van der Waals surface area (Å²) >= 11 is 1.16. The average molecular weight is 354 g/mol. The Kier molecular flexibility index (Phi) is 6.30. The molecule has 1 saturated heterocycles. The van der Waals surface area contributed by atoms with Gasteiger partial charge in [0.25, 0.3) is 11.1 Å². The van der Waals surface area contributed by atoms with Gasteiger partial charge in [0.2, 0.25) is 0 Å². The van der Waals surface area contributed by atoms with Gasteiger partial charge in [0, 0.05) is 18.4 Å². The van der Waals surface area contributed by atoms with Crippen LogP contribution in [0, 0.1) is 0 Å². The molecule has 0 aliphatic carbocycles. The molecule has 1 aliphatic rings. The largest absolute Gasteiger partial charge is 0.497 e. The normalized spacial score (nSPS) is 13.6. The predicted octanol–water partition coefficient (Wildman–Crippen LogP) is 1.35. The lowest BCUT2D eigenvalue weighted by molar-refractivity contribution is -0.147. The van der Waals surface area contributed by atoms with Gasteiger partial charge in [-0.05, 0) is 12.1 Å². The fourth-order valence-corrected chi connectivity index (χ4v) is 2.84. The first-order valence-electron chi connectivity index (χ1n) is 7.12. The molecule has 0 saturated carbocycles. The lowest BCUT2D eigenvalue weighted by Crippen LogP contribution is -2.32. The molecule has 1 fully saturated rings. The van der Waals surface area contributed by atoms with E-state index in [-0.39, 0.29) is 11.8 Å². The first-order chi connectivity index (χ1) is 11.5. The van der Waals surface area contributed by atoms with Crippen molar-refractivity contribution >= 4 is 34.6 Å². The molecule has 130 valence electrons. The van der Waals surface area contributed by atoms with Gasteiger partial charge in [0.1, 0.15) is 18.0 Å². The molecule has 24 heavy (non-hydrogen) atoms. The van der Waals surface area contributed by atoms with Crippen LogP contribution in [0.5, 0.6) is 11.5 Å². The number of ether oxygens (including phenoxy) is 3. The summed E-state index contributed by atoms with van der Waals surface area (Å²) in [6.07, 6.45) is 0. The zero-order chi connectivity index (χ0) is 17.5. The van der Waals surface area contributed by atoms with E-state index >= 15 is 0 Å². The molecule has 1 aromatic rings. The van der Waals surface area contributed by atoms with Crippen molar-refractivity contribution in [1.82, 2.24) is 4.90 Å². The second-order valence-corrected chi connectivity index (χ2v) is 5.86. The zero-order valence-electron chi connectivity index (χ0n) is 13.4. The summed E-state index contributed by atoms with van der Waals surface area (Å²) in [6, 6.07) is 4.94. The Morgan fingerprint density at radius 3 is 2.71 bits per heavy atom. The molecule has 9 heteroatoms. The maximum absolute atomic E-state index is 11.9. The van der Waals surface area contributed by atoms with Gasteiger partial charge in [-0.25, -0.2) is 0 Å². The van der Waals surface area contributed by atoms with Crippen LogP contribution in [0.15, 0.2) is 18.2 Å². The third kappa shape index (κ3) is 4.79. The summed E-state index contributed by atoms with van der Waals surface area (Å²) < 4.78 is 15.1. The highest BCUT2D eigenvalue weighted by molar-refractivity contribution is 8.13. The summed E-state index contributed by atoms with van der Waals surface area (Å²) in [6.45, 7) is -0.0955. The van der Waals surface area contributed by atoms with Gasteiger partial charge in [-0.15, -0.1) is 0 Å². The number of rotatable bonds is 7. The highest BCUT2D eigenvalue weighted by atomic mass is 32.2. The maximum atomic E-state index is 11.9. The van der Waals surface area contributed by atoms with Crippen LogP contribution >= 0.6 is 11.8 Å². The quantitative estimate of drug-likeness (QED) is 0.739. The van der Waals surface area contributed by atoms with E-state index in [1.54, 1.807) is 18.2 Å². The van der Waals surface area contributed by atoms with Crippen LogP contribution in [-0.4, -0.2) is 61.7 Å². The summed E-state index contributed by atoms with van der Waals surface area (Å²) in [5, 5.41) is 2.43. The molecule has 1 aliphatic heterocycles. The van der Waals surface area contributed by atoms with Crippen LogP contribution in [-0.2, 0) is 14.3 Å². The molecule has 1 heterocycles. The van der Waals surface area contributed by atoms with Crippen LogP contribution < -0.4 is 14.8 Å². The number of hydrogen-bond donors (Lipinski definition) is 1. The van der Waals surface area contributed by atoms with Crippen molar-refractivity contribution in [2.45, 2.75) is 0 Å². The minimum absolute atomic E-state index is 0.151. The van der Waals surface area contributed by atoms with Gasteiger partial charge in [-0.3, -0.25) is 14.4 Å². The number of nitrogens with one attached hydrogen (secondary N) is 1. The van der Waals surface area contributed by atoms with E-state index < -0.39 is 18.5 Å². The number of nitrogens with zero attached hydrogens (tertiary/aromatic N) is 1. The van der Waals surface area contributed by atoms with E-state index in [2.05, 4.69) is 5.32 Å². The van der Waals surface area contributed by atoms with E-state index in [1.807, 2.05) is 0 Å². The molecule has 0 radical (unpaired) electrons. The fourth-order valence-electron chi connectivity index (χ4n) is 2.01. The smallest absolute Gasteiger partial charge is 0.326 e. The van der Waals surface area contributed by atoms with E-state index in [0.29, 0.717) is 29.5 Å². The standard InChI is InChI=1S/C15H18N2O6S/c1-21-10-3-4-12(22-2)11(7-10)16-13(18)9-23-14(19)8-17-5-6-24-15(17)20/h3-4,7H,5-6,8-9H2,1-2H3,(H,16,18). The fraction of sp³-hybridized carbons (Fsp3) is 0.400. The lowest BCUT2D eigenvalue weighted by Gasteiger charge is -2.14. The Balaban J connectivity index is 1.84. The maximum Gasteiger partial charge on any atom is 0.326 e. The topological polar surface area (TPSA) is 94.2 Å². The Bertz CT molecular complexity index is 636. The second kappa shape index (κ2) is 8.44. The van der Waals surface area contributed by atoms with E-state index in [1.165, 1.54) is 19.1 Å². The average Bonchev–Trinajstić information content (AvgIpc) is 2.97. The molecule has 8 nitrogen and oxygen atoms in total. The first kappa shape index (κ1) is 17.9. The number of esters is 1. The molecule has 0 atom stereocenters. The molecule has 0 unspecified atom stereocenters. The van der Waals surface area contributed by atoms with Crippen LogP contribution in [0.3, 0.4) is 0 Å². The molecular formula is C15H18N2O6S. The summed E-state index contributed by atoms with van der Waals surface area (Å²) in [4.78, 5) is 36.4. The molecule has 2 amide bonds. The monoisotopic (exact) mass is 354 g/mol. The van der Waals surface area contributed by atoms with Crippen molar-refractivity contribution in [2.24, 2.45) is 0 Å². The third-order valence-electron chi connectivity index (χ3n) is 3.21. The van der Waals surface area contributed by atoms with Crippen LogP contribution in [0.1, 0.15) is 0 Å². The SMILES string of the molecule is COc1ccc(OC)c(NC(=O)COC(=O)CN2CCSC2=O)c1. The van der Waals surface area contributed by atoms with Crippen LogP contribution in [0.25, 0.3) is 0 Å². The predicted molar refractivity (Wildman–Crippen MR) is 88.6 cm³/mol. The number of methoxy groups -OCH3 is 2. The molecule has 0 aromatic heterocycles. The summed E-state index contributed by atoms with van der Waals surface area (Å²) in [7, 11) is 2.98. The van der Waals surface area contributed by atoms with Crippen LogP contribution in [0.2, 0.25) is 0 Å². The van der Waals surface area contributed by atoms with Crippen molar-refractivity contribution in [3.05, 3.63) is 18.2 Å². The minimum atomic E-state index is -0.626. The molecule has 1 aromatic carbocycles. The van der Waals surface area contributed by atoms with Gasteiger partial charge < -0.3 is 24.4 Å². The zero-order valence-corrected chi connectivity index (χ0v) is 14.2. The molecule has 0 spiro atoms. The van der Waals surface area contributed by atoms with Gasteiger partial charge in [0.05, 0.1) is 19.9 Å². The van der Waals surface area contributed by atoms with E-state index in [4.69, 9.17) is 14.2 Å². The Morgan fingerprint density at radius 1 is 1.29 bits per heavy atom. The number of hydrogen-bond acceptors (Lipinski definition) is 7. The van der Waals surface area contributed by atoms with Gasteiger partial charge in [0.15, 0.2) is 6.61 Å². The van der Waals surface area contributed by atoms with Gasteiger partial charge in [-0.2, -0.15) is 0 Å². The molecule has 0 bridgehead atoms. The number of benzene rings is 1. The minimum Gasteiger partial charge on any atom is -0.497 e. The number of anilines is 1. The first-order valence-corrected chi connectivity index (χ1v) is 8.11. The molecule has 1 N–H and O–H groups in total. The number of amides is 2. The van der Waals surface area contributed by atoms with Crippen molar-refractivity contribution in [3.63, 3.8) is 0 Å². The highest BCUT2D eigenvalue weighted by Gasteiger charge is 2.24. The van der Waals surface area contributed by atoms with Gasteiger partial charge >= 0.3 is 5.97 Å². The van der Waals surface area contributed by atoms with Crippen molar-refractivity contribution in [3.8, 4) is 11.5 Å². The van der Waals surface area contributed by atoms with Crippen molar-refractivity contribution < 1.29 is 28.6 Å². The Labute approximate surface area is 143 Å². The van der Waals surface area contributed by atoms with Crippen LogP contribution in [0.4, 0.5) is 10.5 Å². The van der Waals surface area contributed by atoms with Crippen molar-refractivity contribution in [2.75, 3.05) is 45.0 Å². The van der Waals surface area contributed by atoms with Crippen molar-refractivity contribution in [1.29, 1.82) is 0 Å². The second-order valence-electron chi connectivity index (χ2n) is 4.81. The number of carbonyl (C=O) groups excluding carboxylic acids is 3. The number of carbonyl (C=O) groups is 3.